The van der Waals surface area contributed by atoms with Gasteiger partial charge in [0.15, 0.2) is 6.61 Å². The molecule has 0 saturated heterocycles. The van der Waals surface area contributed by atoms with Crippen LogP contribution in [0.3, 0.4) is 0 Å². The van der Waals surface area contributed by atoms with Crippen molar-refractivity contribution in [3.8, 4) is 0 Å². The lowest BCUT2D eigenvalue weighted by Gasteiger charge is -2.17. The second kappa shape index (κ2) is 6.72. The average Bonchev–Trinajstić information content (AvgIpc) is 2.88. The van der Waals surface area contributed by atoms with Gasteiger partial charge >= 0.3 is 5.97 Å². The van der Waals surface area contributed by atoms with Crippen molar-refractivity contribution in [3.63, 3.8) is 0 Å². The molecule has 1 N–H and O–H groups in total. The molecule has 0 aliphatic carbocycles. The smallest absolute Gasteiger partial charge is 0.348 e. The van der Waals surface area contributed by atoms with Gasteiger partial charge in [-0.05, 0) is 30.4 Å². The van der Waals surface area contributed by atoms with Crippen LogP contribution < -0.4 is 5.32 Å². The lowest BCUT2D eigenvalue weighted by atomic mass is 10.1. The summed E-state index contributed by atoms with van der Waals surface area (Å²) < 4.78 is 6.09. The fourth-order valence-corrected chi connectivity index (χ4v) is 2.70. The molecule has 21 heavy (non-hydrogen) atoms. The minimum absolute atomic E-state index is 0.0560. The number of carbonyl (C=O) groups is 2. The molecule has 0 aliphatic heterocycles. The SMILES string of the molecule is CC(C)[C@@H](C)NC(=O)COC(=O)c1cc2ccccc2s1. The summed E-state index contributed by atoms with van der Waals surface area (Å²) in [6.45, 7) is 5.73. The van der Waals surface area contributed by atoms with Crippen LogP contribution in [-0.2, 0) is 9.53 Å². The van der Waals surface area contributed by atoms with E-state index in [4.69, 9.17) is 4.74 Å². The van der Waals surface area contributed by atoms with Gasteiger partial charge in [0.25, 0.3) is 5.91 Å². The van der Waals surface area contributed by atoms with Crippen LogP contribution in [0.5, 0.6) is 0 Å². The van der Waals surface area contributed by atoms with Crippen molar-refractivity contribution in [2.45, 2.75) is 26.8 Å². The van der Waals surface area contributed by atoms with Crippen molar-refractivity contribution >= 4 is 33.3 Å². The first kappa shape index (κ1) is 15.5. The number of fused-ring (bicyclic) bond motifs is 1. The molecule has 2 rings (SSSR count). The molecule has 1 aromatic carbocycles. The molecular formula is C16H19NO3S. The molecule has 0 fully saturated rings. The number of nitrogens with one attached hydrogen (secondary N) is 1. The highest BCUT2D eigenvalue weighted by atomic mass is 32.1. The van der Waals surface area contributed by atoms with Crippen LogP contribution in [-0.4, -0.2) is 24.5 Å². The highest BCUT2D eigenvalue weighted by Gasteiger charge is 2.15. The van der Waals surface area contributed by atoms with E-state index in [2.05, 4.69) is 5.32 Å². The van der Waals surface area contributed by atoms with Crippen LogP contribution >= 0.6 is 11.3 Å². The number of hydrogen-bond acceptors (Lipinski definition) is 4. The second-order valence-electron chi connectivity index (χ2n) is 5.32. The van der Waals surface area contributed by atoms with Crippen molar-refractivity contribution in [1.29, 1.82) is 0 Å². The van der Waals surface area contributed by atoms with Crippen LogP contribution in [0.4, 0.5) is 0 Å². The Bertz CT molecular complexity index is 615. The summed E-state index contributed by atoms with van der Waals surface area (Å²) in [5.74, 6) is -0.388. The molecule has 0 spiro atoms. The van der Waals surface area contributed by atoms with E-state index in [9.17, 15) is 9.59 Å². The van der Waals surface area contributed by atoms with E-state index in [1.54, 1.807) is 6.07 Å². The Morgan fingerprint density at radius 1 is 1.24 bits per heavy atom. The fourth-order valence-electron chi connectivity index (χ4n) is 1.75. The van der Waals surface area contributed by atoms with Gasteiger partial charge in [-0.2, -0.15) is 0 Å². The van der Waals surface area contributed by atoms with Crippen LogP contribution in [0.2, 0.25) is 0 Å². The third-order valence-electron chi connectivity index (χ3n) is 3.35. The highest BCUT2D eigenvalue weighted by molar-refractivity contribution is 7.20. The van der Waals surface area contributed by atoms with E-state index in [1.165, 1.54) is 11.3 Å². The van der Waals surface area contributed by atoms with E-state index in [0.29, 0.717) is 10.8 Å². The monoisotopic (exact) mass is 305 g/mol. The van der Waals surface area contributed by atoms with Gasteiger partial charge in [0, 0.05) is 10.7 Å². The topological polar surface area (TPSA) is 55.4 Å². The number of thiophene rings is 1. The maximum Gasteiger partial charge on any atom is 0.348 e. The Kier molecular flexibility index (Phi) is 4.96. The minimum atomic E-state index is -0.455. The quantitative estimate of drug-likeness (QED) is 0.863. The molecule has 5 heteroatoms. The van der Waals surface area contributed by atoms with Crippen molar-refractivity contribution in [1.82, 2.24) is 5.32 Å². The fraction of sp³-hybridized carbons (Fsp3) is 0.375. The first-order valence-electron chi connectivity index (χ1n) is 6.92. The van der Waals surface area contributed by atoms with Gasteiger partial charge in [0.05, 0.1) is 0 Å². The summed E-state index contributed by atoms with van der Waals surface area (Å²) >= 11 is 1.37. The normalized spacial score (nSPS) is 12.4. The number of benzene rings is 1. The maximum atomic E-state index is 11.9. The first-order chi connectivity index (χ1) is 9.97. The molecule has 1 heterocycles. The molecule has 1 atom stereocenters. The summed E-state index contributed by atoms with van der Waals surface area (Å²) in [4.78, 5) is 24.1. The Morgan fingerprint density at radius 2 is 1.95 bits per heavy atom. The predicted molar refractivity (Wildman–Crippen MR) is 84.6 cm³/mol. The van der Waals surface area contributed by atoms with Crippen molar-refractivity contribution in [2.75, 3.05) is 6.61 Å². The molecule has 1 aromatic heterocycles. The maximum absolute atomic E-state index is 11.9. The largest absolute Gasteiger partial charge is 0.451 e. The molecule has 0 saturated carbocycles. The van der Waals surface area contributed by atoms with Gasteiger partial charge in [0.1, 0.15) is 4.88 Å². The Labute approximate surface area is 128 Å². The van der Waals surface area contributed by atoms with Crippen molar-refractivity contribution in [3.05, 3.63) is 35.2 Å². The molecule has 4 nitrogen and oxygen atoms in total. The first-order valence-corrected chi connectivity index (χ1v) is 7.74. The van der Waals surface area contributed by atoms with Gasteiger partial charge in [-0.3, -0.25) is 4.79 Å². The molecule has 0 bridgehead atoms. The zero-order valence-electron chi connectivity index (χ0n) is 12.4. The van der Waals surface area contributed by atoms with Crippen molar-refractivity contribution in [2.24, 2.45) is 5.92 Å². The minimum Gasteiger partial charge on any atom is -0.451 e. The van der Waals surface area contributed by atoms with Crippen LogP contribution in [0.15, 0.2) is 30.3 Å². The Hall–Kier alpha value is -1.88. The van der Waals surface area contributed by atoms with Gasteiger partial charge < -0.3 is 10.1 Å². The third kappa shape index (κ3) is 4.04. The zero-order valence-corrected chi connectivity index (χ0v) is 13.2. The van der Waals surface area contributed by atoms with Crippen LogP contribution in [0.1, 0.15) is 30.4 Å². The van der Waals surface area contributed by atoms with Gasteiger partial charge in [0.2, 0.25) is 0 Å². The van der Waals surface area contributed by atoms with Gasteiger partial charge in [-0.1, -0.05) is 32.0 Å². The third-order valence-corrected chi connectivity index (χ3v) is 4.45. The number of rotatable bonds is 5. The lowest BCUT2D eigenvalue weighted by molar-refractivity contribution is -0.125. The number of esters is 1. The molecule has 2 aromatic rings. The molecule has 112 valence electrons. The van der Waals surface area contributed by atoms with E-state index in [1.807, 2.05) is 45.0 Å². The summed E-state index contributed by atoms with van der Waals surface area (Å²) in [5, 5.41) is 3.81. The zero-order chi connectivity index (χ0) is 15.4. The van der Waals surface area contributed by atoms with E-state index >= 15 is 0 Å². The van der Waals surface area contributed by atoms with Crippen molar-refractivity contribution < 1.29 is 14.3 Å². The Balaban J connectivity index is 1.91. The highest BCUT2D eigenvalue weighted by Crippen LogP contribution is 2.25. The number of carbonyl (C=O) groups excluding carboxylic acids is 2. The molecular weight excluding hydrogens is 286 g/mol. The van der Waals surface area contributed by atoms with Gasteiger partial charge in [-0.15, -0.1) is 11.3 Å². The summed E-state index contributed by atoms with van der Waals surface area (Å²) in [6, 6.07) is 9.59. The van der Waals surface area contributed by atoms with E-state index in [-0.39, 0.29) is 18.6 Å². The average molecular weight is 305 g/mol. The Morgan fingerprint density at radius 3 is 2.62 bits per heavy atom. The number of amides is 1. The van der Waals surface area contributed by atoms with Gasteiger partial charge in [-0.25, -0.2) is 4.79 Å². The number of ether oxygens (including phenoxy) is 1. The predicted octanol–water partition coefficient (Wildman–Crippen LogP) is 3.22. The number of hydrogen-bond donors (Lipinski definition) is 1. The van der Waals surface area contributed by atoms with E-state index < -0.39 is 5.97 Å². The second-order valence-corrected chi connectivity index (χ2v) is 6.41. The summed E-state index contributed by atoms with van der Waals surface area (Å²) in [7, 11) is 0. The van der Waals surface area contributed by atoms with Crippen LogP contribution in [0.25, 0.3) is 10.1 Å². The summed E-state index contributed by atoms with van der Waals surface area (Å²) in [6.07, 6.45) is 0. The molecule has 0 radical (unpaired) electrons. The molecule has 1 amide bonds. The van der Waals surface area contributed by atoms with Crippen LogP contribution in [0, 0.1) is 5.92 Å². The standard InChI is InChI=1S/C16H19NO3S/c1-10(2)11(3)17-15(18)9-20-16(19)14-8-12-6-4-5-7-13(12)21-14/h4-8,10-11H,9H2,1-3H3,(H,17,18)/t11-/m1/s1. The van der Waals surface area contributed by atoms with E-state index in [0.717, 1.165) is 10.1 Å². The molecule has 0 unspecified atom stereocenters. The molecule has 0 aliphatic rings. The lowest BCUT2D eigenvalue weighted by Crippen LogP contribution is -2.38. The summed E-state index contributed by atoms with van der Waals surface area (Å²) in [5.41, 5.74) is 0.